The molecule has 0 N–H and O–H groups in total. The van der Waals surface area contributed by atoms with Gasteiger partial charge in [0.05, 0.1) is 0 Å². The summed E-state index contributed by atoms with van der Waals surface area (Å²) in [6.45, 7) is 4.97. The van der Waals surface area contributed by atoms with Crippen molar-refractivity contribution in [3.63, 3.8) is 0 Å². The molecular weight excluding hydrogens is 625 g/mol. The fourth-order valence-electron chi connectivity index (χ4n) is 10.7. The third-order valence-electron chi connectivity index (χ3n) is 13.2. The Morgan fingerprint density at radius 3 is 1.56 bits per heavy atom. The summed E-state index contributed by atoms with van der Waals surface area (Å²) in [5.41, 5.74) is 14.8. The lowest BCUT2D eigenvalue weighted by atomic mass is 9.64. The van der Waals surface area contributed by atoms with Crippen LogP contribution in [0.3, 0.4) is 0 Å². The van der Waals surface area contributed by atoms with Gasteiger partial charge in [-0.15, -0.1) is 0 Å². The maximum absolute atomic E-state index is 2.59. The van der Waals surface area contributed by atoms with E-state index in [1.54, 1.807) is 11.1 Å². The van der Waals surface area contributed by atoms with E-state index in [1.165, 1.54) is 57.3 Å². The molecule has 0 bridgehead atoms. The standard InChI is InChI=1S/C52H50/c1-3-37-32-41-20-10-14-24-50(41)52(37)51(35(2)44-28-25-38-17-7-11-21-45(38)44)34-43(49-30-27-40-19-9-13-23-47(40)49)33-42(31-36-15-5-4-6-16-36)48-29-26-39-18-8-12-22-46(39)48/h4-30,32,35,42-44,48-49,51-52H,3,31,33-34H2,1-2H3. The number of fused-ring (bicyclic) bond motifs is 4. The van der Waals surface area contributed by atoms with Gasteiger partial charge in [0.25, 0.3) is 0 Å². The van der Waals surface area contributed by atoms with Crippen LogP contribution in [0.4, 0.5) is 0 Å². The van der Waals surface area contributed by atoms with E-state index in [1.807, 2.05) is 0 Å². The van der Waals surface area contributed by atoms with E-state index in [0.29, 0.717) is 47.3 Å². The van der Waals surface area contributed by atoms with Crippen molar-refractivity contribution in [1.29, 1.82) is 0 Å². The van der Waals surface area contributed by atoms with Gasteiger partial charge >= 0.3 is 0 Å². The summed E-state index contributed by atoms with van der Waals surface area (Å²) in [4.78, 5) is 0. The third-order valence-corrected chi connectivity index (χ3v) is 13.2. The van der Waals surface area contributed by atoms with E-state index in [0.717, 1.165) is 12.8 Å². The molecule has 0 heteroatoms. The lowest BCUT2D eigenvalue weighted by molar-refractivity contribution is 0.204. The number of hydrogen-bond acceptors (Lipinski definition) is 0. The third kappa shape index (κ3) is 6.07. The van der Waals surface area contributed by atoms with Crippen LogP contribution in [0.5, 0.6) is 0 Å². The molecule has 4 aliphatic carbocycles. The average molecular weight is 675 g/mol. The smallest absolute Gasteiger partial charge is 0.00885 e. The van der Waals surface area contributed by atoms with Crippen molar-refractivity contribution in [3.05, 3.63) is 201 Å². The molecule has 9 rings (SSSR count). The zero-order valence-corrected chi connectivity index (χ0v) is 30.6. The first-order valence-electron chi connectivity index (χ1n) is 19.8. The van der Waals surface area contributed by atoms with E-state index in [-0.39, 0.29) is 0 Å². The maximum atomic E-state index is 2.59. The quantitative estimate of drug-likeness (QED) is 0.124. The summed E-state index contributed by atoms with van der Waals surface area (Å²) in [7, 11) is 0. The van der Waals surface area contributed by atoms with Crippen molar-refractivity contribution in [3.8, 4) is 0 Å². The Bertz CT molecular complexity index is 2180. The second kappa shape index (κ2) is 14.2. The molecule has 8 unspecified atom stereocenters. The maximum Gasteiger partial charge on any atom is 0.00885 e. The number of rotatable bonds is 12. The zero-order chi connectivity index (χ0) is 35.0. The van der Waals surface area contributed by atoms with Crippen molar-refractivity contribution < 1.29 is 0 Å². The van der Waals surface area contributed by atoms with Gasteiger partial charge < -0.3 is 0 Å². The van der Waals surface area contributed by atoms with Gasteiger partial charge in [0.1, 0.15) is 0 Å². The van der Waals surface area contributed by atoms with Crippen molar-refractivity contribution >= 4 is 24.3 Å². The predicted octanol–water partition coefficient (Wildman–Crippen LogP) is 13.5. The lowest BCUT2D eigenvalue weighted by Crippen LogP contribution is -2.30. The average Bonchev–Trinajstić information content (AvgIpc) is 4.00. The highest BCUT2D eigenvalue weighted by Crippen LogP contribution is 2.54. The Morgan fingerprint density at radius 2 is 0.962 bits per heavy atom. The highest BCUT2D eigenvalue weighted by atomic mass is 14.5. The molecule has 258 valence electrons. The van der Waals surface area contributed by atoms with Gasteiger partial charge in [0.15, 0.2) is 0 Å². The molecule has 8 atom stereocenters. The molecule has 0 heterocycles. The van der Waals surface area contributed by atoms with Crippen LogP contribution < -0.4 is 0 Å². The Morgan fingerprint density at radius 1 is 0.481 bits per heavy atom. The molecule has 5 aromatic rings. The fourth-order valence-corrected chi connectivity index (χ4v) is 10.7. The first-order valence-corrected chi connectivity index (χ1v) is 19.8. The Balaban J connectivity index is 1.15. The van der Waals surface area contributed by atoms with Crippen LogP contribution in [-0.4, -0.2) is 0 Å². The van der Waals surface area contributed by atoms with Gasteiger partial charge in [-0.05, 0) is 99.4 Å². The summed E-state index contributed by atoms with van der Waals surface area (Å²) in [6.07, 6.45) is 21.9. The van der Waals surface area contributed by atoms with Gasteiger partial charge in [0, 0.05) is 23.7 Å². The van der Waals surface area contributed by atoms with Gasteiger partial charge in [-0.3, -0.25) is 0 Å². The van der Waals surface area contributed by atoms with Crippen molar-refractivity contribution in [2.24, 2.45) is 23.7 Å². The largest absolute Gasteiger partial charge is 0.0761 e. The highest BCUT2D eigenvalue weighted by molar-refractivity contribution is 5.68. The van der Waals surface area contributed by atoms with Crippen LogP contribution >= 0.6 is 0 Å². The Kier molecular flexibility index (Phi) is 9.01. The lowest BCUT2D eigenvalue weighted by Gasteiger charge is -2.40. The van der Waals surface area contributed by atoms with Crippen LogP contribution in [0.15, 0.2) is 151 Å². The second-order valence-corrected chi connectivity index (χ2v) is 15.9. The predicted molar refractivity (Wildman–Crippen MR) is 221 cm³/mol. The van der Waals surface area contributed by atoms with E-state index < -0.39 is 0 Å². The monoisotopic (exact) mass is 674 g/mol. The van der Waals surface area contributed by atoms with Gasteiger partial charge in [-0.1, -0.05) is 189 Å². The summed E-state index contributed by atoms with van der Waals surface area (Å²) in [5.74, 6) is 3.63. The van der Waals surface area contributed by atoms with Gasteiger partial charge in [0.2, 0.25) is 0 Å². The highest BCUT2D eigenvalue weighted by Gasteiger charge is 2.42. The minimum atomic E-state index is 0.405. The Hall–Kier alpha value is -4.94. The molecule has 0 aromatic heterocycles. The minimum Gasteiger partial charge on any atom is -0.0761 e. The Labute approximate surface area is 311 Å². The van der Waals surface area contributed by atoms with Crippen molar-refractivity contribution in [1.82, 2.24) is 0 Å². The molecule has 0 spiro atoms. The van der Waals surface area contributed by atoms with E-state index in [4.69, 9.17) is 0 Å². The first kappa shape index (κ1) is 32.9. The molecule has 4 aliphatic rings. The molecule has 52 heavy (non-hydrogen) atoms. The van der Waals surface area contributed by atoms with Crippen molar-refractivity contribution in [2.75, 3.05) is 0 Å². The molecule has 0 saturated carbocycles. The molecule has 0 aliphatic heterocycles. The van der Waals surface area contributed by atoms with Gasteiger partial charge in [-0.25, -0.2) is 0 Å². The normalized spacial score (nSPS) is 22.7. The summed E-state index contributed by atoms with van der Waals surface area (Å²) < 4.78 is 0. The molecule has 0 radical (unpaired) electrons. The van der Waals surface area contributed by atoms with Crippen LogP contribution in [0.2, 0.25) is 0 Å². The minimum absolute atomic E-state index is 0.405. The molecule has 0 saturated heterocycles. The summed E-state index contributed by atoms with van der Waals surface area (Å²) in [5, 5.41) is 0. The zero-order valence-electron chi connectivity index (χ0n) is 30.6. The summed E-state index contributed by atoms with van der Waals surface area (Å²) in [6, 6.07) is 48.1. The van der Waals surface area contributed by atoms with E-state index >= 15 is 0 Å². The molecule has 0 nitrogen and oxygen atoms in total. The van der Waals surface area contributed by atoms with Crippen LogP contribution in [0, 0.1) is 23.7 Å². The number of allylic oxidation sites excluding steroid dienone is 4. The number of hydrogen-bond donors (Lipinski definition) is 0. The molecular formula is C52H50. The first-order chi connectivity index (χ1) is 25.7. The van der Waals surface area contributed by atoms with E-state index in [2.05, 4.69) is 184 Å². The van der Waals surface area contributed by atoms with Crippen molar-refractivity contribution in [2.45, 2.75) is 63.2 Å². The van der Waals surface area contributed by atoms with Gasteiger partial charge in [-0.2, -0.15) is 0 Å². The van der Waals surface area contributed by atoms with Crippen LogP contribution in [-0.2, 0) is 6.42 Å². The fraction of sp³-hybridized carbons (Fsp3) is 0.269. The number of benzene rings is 5. The topological polar surface area (TPSA) is 0 Å². The second-order valence-electron chi connectivity index (χ2n) is 15.9. The van der Waals surface area contributed by atoms with Crippen LogP contribution in [0.25, 0.3) is 24.3 Å². The summed E-state index contributed by atoms with van der Waals surface area (Å²) >= 11 is 0. The molecule has 0 amide bonds. The SMILES string of the molecule is CCC1=Cc2ccccc2C1C(CC(CC(Cc1ccccc1)C1C=Cc2ccccc21)C1C=Cc2ccccc21)C(C)C1C=Cc2ccccc21. The molecule has 5 aromatic carbocycles. The van der Waals surface area contributed by atoms with E-state index in [9.17, 15) is 0 Å². The molecule has 0 fully saturated rings. The van der Waals surface area contributed by atoms with Crippen LogP contribution in [0.1, 0.15) is 107 Å².